The zero-order valence-corrected chi connectivity index (χ0v) is 13.0. The van der Waals surface area contributed by atoms with Gasteiger partial charge < -0.3 is 10.6 Å². The second-order valence-corrected chi connectivity index (χ2v) is 6.84. The van der Waals surface area contributed by atoms with Gasteiger partial charge in [0.25, 0.3) is 0 Å². The average molecular weight is 326 g/mol. The number of fused-ring (bicyclic) bond motifs is 1. The molecule has 0 bridgehead atoms. The van der Waals surface area contributed by atoms with E-state index in [0.29, 0.717) is 5.02 Å². The molecule has 7 heteroatoms. The normalized spacial score (nSPS) is 17.1. The van der Waals surface area contributed by atoms with Crippen LogP contribution in [-0.4, -0.2) is 17.4 Å². The predicted octanol–water partition coefficient (Wildman–Crippen LogP) is 3.55. The van der Waals surface area contributed by atoms with Gasteiger partial charge in [-0.25, -0.2) is 4.98 Å². The molecule has 1 aliphatic heterocycles. The molecule has 2 N–H and O–H groups in total. The standard InChI is InChI=1S/C13H12ClN3OS2/c1-2-15-11-7-5-8(14)10(6-9(7)17-12(11)18)20-13-16-3-4-19-13/h3-6,11,15H,2H2,1H3,(H,17,18). The molecule has 2 heterocycles. The fourth-order valence-corrected chi connectivity index (χ4v) is 4.01. The summed E-state index contributed by atoms with van der Waals surface area (Å²) in [5.41, 5.74) is 1.73. The van der Waals surface area contributed by atoms with Crippen molar-refractivity contribution in [2.45, 2.75) is 22.2 Å². The Morgan fingerprint density at radius 2 is 2.40 bits per heavy atom. The lowest BCUT2D eigenvalue weighted by Crippen LogP contribution is -2.27. The van der Waals surface area contributed by atoms with E-state index in [1.54, 1.807) is 17.5 Å². The van der Waals surface area contributed by atoms with Gasteiger partial charge in [-0.1, -0.05) is 30.3 Å². The van der Waals surface area contributed by atoms with Crippen LogP contribution in [0.5, 0.6) is 0 Å². The van der Waals surface area contributed by atoms with Crippen LogP contribution in [-0.2, 0) is 4.79 Å². The molecule has 1 aromatic carbocycles. The summed E-state index contributed by atoms with van der Waals surface area (Å²) in [5.74, 6) is -0.0330. The van der Waals surface area contributed by atoms with Crippen LogP contribution in [0.25, 0.3) is 0 Å². The van der Waals surface area contributed by atoms with Crippen molar-refractivity contribution < 1.29 is 4.79 Å². The average Bonchev–Trinajstić information content (AvgIpc) is 3.01. The van der Waals surface area contributed by atoms with E-state index in [1.165, 1.54) is 11.8 Å². The first kappa shape index (κ1) is 13.9. The van der Waals surface area contributed by atoms with E-state index in [0.717, 1.165) is 27.0 Å². The number of halogens is 1. The van der Waals surface area contributed by atoms with Crippen molar-refractivity contribution in [2.75, 3.05) is 11.9 Å². The monoisotopic (exact) mass is 325 g/mol. The fourth-order valence-electron chi connectivity index (χ4n) is 2.10. The van der Waals surface area contributed by atoms with Crippen molar-refractivity contribution in [1.29, 1.82) is 0 Å². The van der Waals surface area contributed by atoms with Crippen LogP contribution in [0.3, 0.4) is 0 Å². The molecule has 0 spiro atoms. The molecular weight excluding hydrogens is 314 g/mol. The van der Waals surface area contributed by atoms with Crippen LogP contribution in [0.4, 0.5) is 5.69 Å². The number of carbonyl (C=O) groups is 1. The maximum absolute atomic E-state index is 11.9. The van der Waals surface area contributed by atoms with Crippen LogP contribution in [0.15, 0.2) is 32.9 Å². The minimum absolute atomic E-state index is 0.0330. The second-order valence-electron chi connectivity index (χ2n) is 4.25. The summed E-state index contributed by atoms with van der Waals surface area (Å²) in [4.78, 5) is 17.1. The first-order chi connectivity index (χ1) is 9.69. The van der Waals surface area contributed by atoms with E-state index < -0.39 is 0 Å². The Morgan fingerprint density at radius 1 is 1.55 bits per heavy atom. The molecule has 0 saturated carbocycles. The van der Waals surface area contributed by atoms with E-state index in [-0.39, 0.29) is 11.9 Å². The molecule has 0 saturated heterocycles. The third kappa shape index (κ3) is 2.56. The number of nitrogens with one attached hydrogen (secondary N) is 2. The summed E-state index contributed by atoms with van der Waals surface area (Å²) in [6.45, 7) is 2.70. The number of thiazole rings is 1. The Kier molecular flexibility index (Phi) is 3.98. The lowest BCUT2D eigenvalue weighted by molar-refractivity contribution is -0.117. The SMILES string of the molecule is CCNC1C(=O)Nc2cc(Sc3nccs3)c(Cl)cc21. The maximum Gasteiger partial charge on any atom is 0.246 e. The molecule has 20 heavy (non-hydrogen) atoms. The van der Waals surface area contributed by atoms with Gasteiger partial charge in [-0.2, -0.15) is 0 Å². The summed E-state index contributed by atoms with van der Waals surface area (Å²) in [6.07, 6.45) is 1.76. The van der Waals surface area contributed by atoms with Crippen molar-refractivity contribution in [3.05, 3.63) is 34.3 Å². The zero-order valence-electron chi connectivity index (χ0n) is 10.6. The highest BCUT2D eigenvalue weighted by Crippen LogP contribution is 2.41. The summed E-state index contributed by atoms with van der Waals surface area (Å²) in [5, 5.41) is 8.61. The maximum atomic E-state index is 11.9. The van der Waals surface area contributed by atoms with E-state index in [1.807, 2.05) is 24.4 Å². The van der Waals surface area contributed by atoms with Crippen LogP contribution < -0.4 is 10.6 Å². The summed E-state index contributed by atoms with van der Waals surface area (Å²) in [7, 11) is 0. The van der Waals surface area contributed by atoms with Gasteiger partial charge in [0, 0.05) is 27.7 Å². The molecule has 0 radical (unpaired) electrons. The van der Waals surface area contributed by atoms with Crippen molar-refractivity contribution in [2.24, 2.45) is 0 Å². The summed E-state index contributed by atoms with van der Waals surface area (Å²) < 4.78 is 0.930. The predicted molar refractivity (Wildman–Crippen MR) is 82.7 cm³/mol. The van der Waals surface area contributed by atoms with Crippen LogP contribution in [0.1, 0.15) is 18.5 Å². The molecule has 0 aliphatic carbocycles. The van der Waals surface area contributed by atoms with E-state index in [9.17, 15) is 4.79 Å². The first-order valence-corrected chi connectivity index (χ1v) is 8.21. The number of hydrogen-bond donors (Lipinski definition) is 2. The van der Waals surface area contributed by atoms with Crippen LogP contribution in [0.2, 0.25) is 5.02 Å². The Balaban J connectivity index is 1.93. The molecule has 1 aromatic heterocycles. The molecule has 1 aliphatic rings. The Hall–Kier alpha value is -1.08. The highest BCUT2D eigenvalue weighted by atomic mass is 35.5. The van der Waals surface area contributed by atoms with Gasteiger partial charge in [0.1, 0.15) is 6.04 Å². The van der Waals surface area contributed by atoms with Gasteiger partial charge in [-0.3, -0.25) is 4.79 Å². The second kappa shape index (κ2) is 5.73. The molecule has 1 atom stereocenters. The van der Waals surface area contributed by atoms with E-state index in [4.69, 9.17) is 11.6 Å². The smallest absolute Gasteiger partial charge is 0.246 e. The minimum atomic E-state index is -0.314. The van der Waals surface area contributed by atoms with Crippen LogP contribution >= 0.6 is 34.7 Å². The van der Waals surface area contributed by atoms with E-state index >= 15 is 0 Å². The fraction of sp³-hybridized carbons (Fsp3) is 0.231. The number of aromatic nitrogens is 1. The highest BCUT2D eigenvalue weighted by molar-refractivity contribution is 8.01. The highest BCUT2D eigenvalue weighted by Gasteiger charge is 2.30. The third-order valence-corrected chi connectivity index (χ3v) is 5.32. The Bertz CT molecular complexity index is 645. The Morgan fingerprint density at radius 3 is 3.10 bits per heavy atom. The largest absolute Gasteiger partial charge is 0.324 e. The lowest BCUT2D eigenvalue weighted by Gasteiger charge is -2.10. The number of benzene rings is 1. The van der Waals surface area contributed by atoms with Crippen LogP contribution in [0, 0.1) is 0 Å². The number of anilines is 1. The number of nitrogens with zero attached hydrogens (tertiary/aromatic N) is 1. The van der Waals surface area contributed by atoms with Gasteiger partial charge in [0.05, 0.1) is 5.02 Å². The van der Waals surface area contributed by atoms with Gasteiger partial charge in [-0.15, -0.1) is 11.3 Å². The molecule has 104 valence electrons. The quantitative estimate of drug-likeness (QED) is 0.902. The Labute approximate surface area is 129 Å². The topological polar surface area (TPSA) is 54.0 Å². The zero-order chi connectivity index (χ0) is 14.1. The number of likely N-dealkylation sites (N-methyl/N-ethyl adjacent to an activating group) is 1. The van der Waals surface area contributed by atoms with Crippen molar-refractivity contribution in [1.82, 2.24) is 10.3 Å². The molecular formula is C13H12ClN3OS2. The minimum Gasteiger partial charge on any atom is -0.324 e. The van der Waals surface area contributed by atoms with Gasteiger partial charge in [-0.05, 0) is 18.7 Å². The molecule has 4 nitrogen and oxygen atoms in total. The number of amides is 1. The van der Waals surface area contributed by atoms with Crippen molar-refractivity contribution in [3.8, 4) is 0 Å². The van der Waals surface area contributed by atoms with E-state index in [2.05, 4.69) is 15.6 Å². The molecule has 1 unspecified atom stereocenters. The summed E-state index contributed by atoms with van der Waals surface area (Å²) >= 11 is 9.40. The molecule has 3 rings (SSSR count). The summed E-state index contributed by atoms with van der Waals surface area (Å²) in [6, 6.07) is 3.46. The van der Waals surface area contributed by atoms with Crippen molar-refractivity contribution in [3.63, 3.8) is 0 Å². The molecule has 1 amide bonds. The molecule has 2 aromatic rings. The molecule has 0 fully saturated rings. The van der Waals surface area contributed by atoms with Gasteiger partial charge in [0.2, 0.25) is 5.91 Å². The van der Waals surface area contributed by atoms with Crippen molar-refractivity contribution >= 4 is 46.3 Å². The van der Waals surface area contributed by atoms with Gasteiger partial charge in [0.15, 0.2) is 4.34 Å². The number of hydrogen-bond acceptors (Lipinski definition) is 5. The number of rotatable bonds is 4. The van der Waals surface area contributed by atoms with Gasteiger partial charge >= 0.3 is 0 Å². The third-order valence-electron chi connectivity index (χ3n) is 2.95. The number of carbonyl (C=O) groups excluding carboxylic acids is 1. The first-order valence-electron chi connectivity index (χ1n) is 6.14. The lowest BCUT2D eigenvalue weighted by atomic mass is 10.1.